The molecule has 0 radical (unpaired) electrons. The van der Waals surface area contributed by atoms with Gasteiger partial charge in [0.25, 0.3) is 10.0 Å². The Labute approximate surface area is 221 Å². The van der Waals surface area contributed by atoms with Crippen molar-refractivity contribution in [1.82, 2.24) is 5.01 Å². The zero-order chi connectivity index (χ0) is 25.7. The summed E-state index contributed by atoms with van der Waals surface area (Å²) in [5.41, 5.74) is 3.15. The molecule has 0 fully saturated rings. The van der Waals surface area contributed by atoms with Crippen LogP contribution >= 0.6 is 23.4 Å². The van der Waals surface area contributed by atoms with Gasteiger partial charge in [-0.05, 0) is 53.8 Å². The summed E-state index contributed by atoms with van der Waals surface area (Å²) in [7, 11) is -4.75. The summed E-state index contributed by atoms with van der Waals surface area (Å²) >= 11 is 7.10. The molecule has 2 unspecified atom stereocenters. The van der Waals surface area contributed by atoms with Crippen molar-refractivity contribution in [2.24, 2.45) is 13.9 Å². The minimum atomic E-state index is -3.96. The van der Waals surface area contributed by atoms with Crippen LogP contribution in [0.5, 0.6) is 0 Å². The number of halogens is 1. The monoisotopic (exact) mass is 562 g/mol. The number of hydrazone groups is 1. The van der Waals surface area contributed by atoms with E-state index in [-0.39, 0.29) is 16.0 Å². The van der Waals surface area contributed by atoms with Crippen LogP contribution in [0.3, 0.4) is 0 Å². The molecule has 0 amide bonds. The Morgan fingerprint density at radius 3 is 2.36 bits per heavy atom. The minimum absolute atomic E-state index is 0.0511. The predicted molar refractivity (Wildman–Crippen MR) is 147 cm³/mol. The van der Waals surface area contributed by atoms with Gasteiger partial charge >= 0.3 is 0 Å². The number of thioether (sulfide) groups is 1. The third-order valence-corrected chi connectivity index (χ3v) is 8.37. The summed E-state index contributed by atoms with van der Waals surface area (Å²) in [6, 6.07) is 22.9. The number of hydrogen-bond donors (Lipinski definition) is 1. The highest BCUT2D eigenvalue weighted by atomic mass is 35.5. The van der Waals surface area contributed by atoms with Crippen LogP contribution < -0.4 is 0 Å². The molecule has 8 nitrogen and oxygen atoms in total. The van der Waals surface area contributed by atoms with Crippen LogP contribution in [0.2, 0.25) is 5.02 Å². The summed E-state index contributed by atoms with van der Waals surface area (Å²) in [4.78, 5) is 0.0511. The molecule has 36 heavy (non-hydrogen) atoms. The van der Waals surface area contributed by atoms with Crippen molar-refractivity contribution in [3.63, 3.8) is 0 Å². The molecule has 0 N–H and O–H groups in total. The Morgan fingerprint density at radius 1 is 1.08 bits per heavy atom. The van der Waals surface area contributed by atoms with Gasteiger partial charge in [-0.3, -0.25) is 4.18 Å². The first-order valence-corrected chi connectivity index (χ1v) is 14.9. The van der Waals surface area contributed by atoms with Gasteiger partial charge in [-0.15, -0.1) is 4.40 Å². The summed E-state index contributed by atoms with van der Waals surface area (Å²) in [6.45, 7) is 0.414. The molecule has 0 aromatic heterocycles. The van der Waals surface area contributed by atoms with E-state index in [1.807, 2.05) is 42.5 Å². The topological polar surface area (TPSA) is 101 Å². The molecule has 0 saturated heterocycles. The molecule has 2 atom stereocenters. The second-order valence-corrected chi connectivity index (χ2v) is 11.5. The molecule has 188 valence electrons. The van der Waals surface area contributed by atoms with Crippen LogP contribution in [0.25, 0.3) is 0 Å². The largest absolute Gasteiger partial charge is 0.290 e. The van der Waals surface area contributed by atoms with Crippen LogP contribution in [0, 0.1) is 0 Å². The normalized spacial score (nSPS) is 17.3. The smallest absolute Gasteiger partial charge is 0.284 e. The fraction of sp³-hybridized carbons (Fsp3) is 0.167. The standard InChI is InChI=1S/C24H23ClN4O4S3/c1-33-35(30)27-20-12-8-18(9-13-20)23-22(17-6-4-3-5-7-17)16-29(26-23)24(34-2)28-36(31,32)21-14-10-19(25)11-15-21/h3-15,22,35H,16H2,1-2H3/b28-24-. The Kier molecular flexibility index (Phi) is 8.47. The van der Waals surface area contributed by atoms with E-state index in [0.29, 0.717) is 17.3 Å². The van der Waals surface area contributed by atoms with Crippen LogP contribution in [0.15, 0.2) is 97.6 Å². The van der Waals surface area contributed by atoms with E-state index < -0.39 is 20.9 Å². The highest BCUT2D eigenvalue weighted by molar-refractivity contribution is 8.13. The van der Waals surface area contributed by atoms with E-state index in [1.54, 1.807) is 23.4 Å². The van der Waals surface area contributed by atoms with Gasteiger partial charge in [-0.25, -0.2) is 9.22 Å². The zero-order valence-electron chi connectivity index (χ0n) is 19.4. The Morgan fingerprint density at radius 2 is 1.75 bits per heavy atom. The van der Waals surface area contributed by atoms with Crippen LogP contribution in [0.4, 0.5) is 5.69 Å². The molecule has 0 spiro atoms. The van der Waals surface area contributed by atoms with E-state index in [2.05, 4.69) is 8.76 Å². The van der Waals surface area contributed by atoms with Crippen molar-refractivity contribution in [2.45, 2.75) is 10.8 Å². The van der Waals surface area contributed by atoms with Gasteiger partial charge in [0, 0.05) is 10.9 Å². The molecule has 1 aliphatic rings. The van der Waals surface area contributed by atoms with Crippen molar-refractivity contribution in [3.05, 3.63) is 95.0 Å². The maximum absolute atomic E-state index is 13.0. The minimum Gasteiger partial charge on any atom is -0.290 e. The first kappa shape index (κ1) is 26.4. The number of amidine groups is 1. The van der Waals surface area contributed by atoms with Gasteiger partial charge in [-0.1, -0.05) is 65.8 Å². The predicted octanol–water partition coefficient (Wildman–Crippen LogP) is 5.11. The third-order valence-electron chi connectivity index (χ3n) is 5.35. The fourth-order valence-electron chi connectivity index (χ4n) is 3.61. The highest BCUT2D eigenvalue weighted by Gasteiger charge is 2.32. The van der Waals surface area contributed by atoms with Gasteiger partial charge in [-0.2, -0.15) is 17.9 Å². The Hall–Kier alpha value is -2.70. The lowest BCUT2D eigenvalue weighted by atomic mass is 9.90. The SMILES string of the molecule is CO[SH](=O)=Nc1ccc(C2=NN(/C(=N/S(=O)(=O)c3ccc(Cl)cc3)SC)CC2c2ccccc2)cc1. The molecule has 0 bridgehead atoms. The molecule has 1 heterocycles. The molecular weight excluding hydrogens is 540 g/mol. The van der Waals surface area contributed by atoms with Crippen molar-refractivity contribution in [1.29, 1.82) is 0 Å². The number of nitrogens with zero attached hydrogens (tertiary/aromatic N) is 4. The van der Waals surface area contributed by atoms with E-state index in [4.69, 9.17) is 20.9 Å². The molecule has 0 aliphatic carbocycles. The average Bonchev–Trinajstić information content (AvgIpc) is 3.34. The molecule has 1 aliphatic heterocycles. The number of sulfonamides is 1. The van der Waals surface area contributed by atoms with E-state index in [0.717, 1.165) is 16.8 Å². The summed E-state index contributed by atoms with van der Waals surface area (Å²) in [5.74, 6) is -0.125. The van der Waals surface area contributed by atoms with E-state index >= 15 is 0 Å². The first-order valence-electron chi connectivity index (χ1n) is 10.7. The maximum Gasteiger partial charge on any atom is 0.284 e. The Bertz CT molecular complexity index is 1470. The fourth-order valence-corrected chi connectivity index (χ4v) is 5.95. The van der Waals surface area contributed by atoms with E-state index in [9.17, 15) is 12.6 Å². The quantitative estimate of drug-likeness (QED) is 0.254. The van der Waals surface area contributed by atoms with Crippen molar-refractivity contribution in [2.75, 3.05) is 19.9 Å². The van der Waals surface area contributed by atoms with Crippen molar-refractivity contribution < 1.29 is 16.8 Å². The molecule has 3 aromatic rings. The first-order chi connectivity index (χ1) is 17.3. The number of thiol groups is 1. The van der Waals surface area contributed by atoms with Crippen LogP contribution in [-0.4, -0.2) is 48.4 Å². The van der Waals surface area contributed by atoms with Crippen molar-refractivity contribution in [3.8, 4) is 0 Å². The van der Waals surface area contributed by atoms with Gasteiger partial charge in [0.05, 0.1) is 29.9 Å². The lowest BCUT2D eigenvalue weighted by molar-refractivity contribution is 0.453. The van der Waals surface area contributed by atoms with Crippen LogP contribution in [-0.2, 0) is 25.1 Å². The van der Waals surface area contributed by atoms with Crippen molar-refractivity contribution >= 4 is 60.8 Å². The summed E-state index contributed by atoms with van der Waals surface area (Å²) in [6.07, 6.45) is 1.76. The molecule has 12 heteroatoms. The lowest BCUT2D eigenvalue weighted by Gasteiger charge is -2.17. The maximum atomic E-state index is 13.0. The third kappa shape index (κ3) is 6.16. The lowest BCUT2D eigenvalue weighted by Crippen LogP contribution is -2.24. The second-order valence-electron chi connectivity index (χ2n) is 7.60. The van der Waals surface area contributed by atoms with Gasteiger partial charge in [0.15, 0.2) is 16.0 Å². The van der Waals surface area contributed by atoms with E-state index in [1.165, 1.54) is 43.1 Å². The highest BCUT2D eigenvalue weighted by Crippen LogP contribution is 2.31. The van der Waals surface area contributed by atoms with Gasteiger partial charge < -0.3 is 0 Å². The van der Waals surface area contributed by atoms with Gasteiger partial charge in [0.2, 0.25) is 0 Å². The Balaban J connectivity index is 1.72. The molecule has 4 rings (SSSR count). The number of hydrogen-bond acceptors (Lipinski definition) is 7. The number of rotatable bonds is 6. The average molecular weight is 563 g/mol. The van der Waals surface area contributed by atoms with Crippen LogP contribution in [0.1, 0.15) is 17.0 Å². The second kappa shape index (κ2) is 11.6. The molecular formula is C24H23ClN4O4S3. The number of benzene rings is 3. The summed E-state index contributed by atoms with van der Waals surface area (Å²) < 4.78 is 50.3. The molecule has 0 saturated carbocycles. The molecule has 3 aromatic carbocycles. The summed E-state index contributed by atoms with van der Waals surface area (Å²) in [5, 5.41) is 7.10. The van der Waals surface area contributed by atoms with Gasteiger partial charge in [0.1, 0.15) is 0 Å². The zero-order valence-corrected chi connectivity index (χ0v) is 22.6.